The fraction of sp³-hybridized carbons (Fsp3) is 0.412. The zero-order valence-corrected chi connectivity index (χ0v) is 13.9. The summed E-state index contributed by atoms with van der Waals surface area (Å²) in [5.41, 5.74) is 7.96. The van der Waals surface area contributed by atoms with Gasteiger partial charge >= 0.3 is 6.09 Å². The Kier molecular flexibility index (Phi) is 4.44. The quantitative estimate of drug-likeness (QED) is 0.898. The highest BCUT2D eigenvalue weighted by Crippen LogP contribution is 2.36. The topological polar surface area (TPSA) is 93.6 Å². The number of likely N-dealkylation sites (tertiary alicyclic amines) is 1. The zero-order chi connectivity index (χ0) is 17.3. The SMILES string of the molecule is COc1cc(C2CCN(C)CC2)ccc1-c1cc(N)nn1C(=O)O. The number of anilines is 1. The summed E-state index contributed by atoms with van der Waals surface area (Å²) in [5.74, 6) is 1.29. The second-order valence-electron chi connectivity index (χ2n) is 6.19. The largest absolute Gasteiger partial charge is 0.496 e. The molecule has 1 aromatic heterocycles. The Balaban J connectivity index is 1.97. The number of hydrogen-bond acceptors (Lipinski definition) is 5. The van der Waals surface area contributed by atoms with Crippen molar-refractivity contribution in [2.75, 3.05) is 33.0 Å². The van der Waals surface area contributed by atoms with E-state index in [9.17, 15) is 9.90 Å². The Labute approximate surface area is 140 Å². The van der Waals surface area contributed by atoms with Crippen molar-refractivity contribution in [3.63, 3.8) is 0 Å². The molecule has 7 heteroatoms. The number of rotatable bonds is 3. The van der Waals surface area contributed by atoms with Crippen LogP contribution in [-0.4, -0.2) is 53.1 Å². The molecule has 0 saturated carbocycles. The van der Waals surface area contributed by atoms with Gasteiger partial charge in [-0.15, -0.1) is 5.10 Å². The van der Waals surface area contributed by atoms with Crippen LogP contribution in [0.3, 0.4) is 0 Å². The van der Waals surface area contributed by atoms with Crippen LogP contribution in [0.1, 0.15) is 24.3 Å². The van der Waals surface area contributed by atoms with Crippen molar-refractivity contribution in [1.82, 2.24) is 14.7 Å². The molecule has 0 amide bonds. The van der Waals surface area contributed by atoms with Gasteiger partial charge in [-0.2, -0.15) is 4.68 Å². The fourth-order valence-electron chi connectivity index (χ4n) is 3.25. The molecule has 0 spiro atoms. The van der Waals surface area contributed by atoms with E-state index in [1.54, 1.807) is 13.2 Å². The van der Waals surface area contributed by atoms with E-state index >= 15 is 0 Å². The highest BCUT2D eigenvalue weighted by molar-refractivity contribution is 5.80. The van der Waals surface area contributed by atoms with Gasteiger partial charge in [0.2, 0.25) is 0 Å². The number of nitrogen functional groups attached to an aromatic ring is 1. The van der Waals surface area contributed by atoms with Crippen LogP contribution in [0.5, 0.6) is 5.75 Å². The van der Waals surface area contributed by atoms with E-state index in [1.807, 2.05) is 18.2 Å². The molecule has 3 N–H and O–H groups in total. The molecule has 1 aliphatic rings. The molecular weight excluding hydrogens is 308 g/mol. The highest BCUT2D eigenvalue weighted by atomic mass is 16.5. The van der Waals surface area contributed by atoms with E-state index in [4.69, 9.17) is 10.5 Å². The Bertz CT molecular complexity index is 748. The molecule has 1 aromatic carbocycles. The van der Waals surface area contributed by atoms with E-state index < -0.39 is 6.09 Å². The monoisotopic (exact) mass is 330 g/mol. The van der Waals surface area contributed by atoms with Gasteiger partial charge in [0.1, 0.15) is 11.6 Å². The molecule has 3 rings (SSSR count). The number of methoxy groups -OCH3 is 1. The zero-order valence-electron chi connectivity index (χ0n) is 13.9. The van der Waals surface area contributed by atoms with E-state index in [-0.39, 0.29) is 5.82 Å². The van der Waals surface area contributed by atoms with Gasteiger partial charge in [0, 0.05) is 11.6 Å². The Morgan fingerprint density at radius 2 is 2.04 bits per heavy atom. The minimum atomic E-state index is -1.18. The number of nitrogens with zero attached hydrogens (tertiary/aromatic N) is 3. The first-order chi connectivity index (χ1) is 11.5. The van der Waals surface area contributed by atoms with E-state index in [0.717, 1.165) is 30.6 Å². The summed E-state index contributed by atoms with van der Waals surface area (Å²) < 4.78 is 6.39. The van der Waals surface area contributed by atoms with Gasteiger partial charge in [0.05, 0.1) is 12.8 Å². The molecule has 1 saturated heterocycles. The van der Waals surface area contributed by atoms with Crippen molar-refractivity contribution >= 4 is 11.9 Å². The van der Waals surface area contributed by atoms with Gasteiger partial charge in [0.15, 0.2) is 0 Å². The van der Waals surface area contributed by atoms with E-state index in [2.05, 4.69) is 17.0 Å². The smallest absolute Gasteiger partial charge is 0.432 e. The predicted molar refractivity (Wildman–Crippen MR) is 91.5 cm³/mol. The first-order valence-corrected chi connectivity index (χ1v) is 7.95. The third-order valence-corrected chi connectivity index (χ3v) is 4.60. The van der Waals surface area contributed by atoms with Crippen molar-refractivity contribution in [1.29, 1.82) is 0 Å². The van der Waals surface area contributed by atoms with E-state index in [1.165, 1.54) is 5.56 Å². The summed E-state index contributed by atoms with van der Waals surface area (Å²) in [6, 6.07) is 7.48. The average molecular weight is 330 g/mol. The van der Waals surface area contributed by atoms with Crippen LogP contribution in [0.15, 0.2) is 24.3 Å². The van der Waals surface area contributed by atoms with Gasteiger partial charge in [-0.05, 0) is 56.6 Å². The fourth-order valence-corrected chi connectivity index (χ4v) is 3.25. The van der Waals surface area contributed by atoms with Crippen LogP contribution in [0.4, 0.5) is 10.6 Å². The first-order valence-electron chi connectivity index (χ1n) is 7.95. The summed E-state index contributed by atoms with van der Waals surface area (Å²) in [4.78, 5) is 13.7. The van der Waals surface area contributed by atoms with Gasteiger partial charge in [-0.1, -0.05) is 6.07 Å². The number of nitrogens with two attached hydrogens (primary N) is 1. The van der Waals surface area contributed by atoms with Crippen molar-refractivity contribution in [3.05, 3.63) is 29.8 Å². The molecule has 128 valence electrons. The molecule has 24 heavy (non-hydrogen) atoms. The summed E-state index contributed by atoms with van der Waals surface area (Å²) in [6.07, 6.45) is 1.04. The molecule has 7 nitrogen and oxygen atoms in total. The summed E-state index contributed by atoms with van der Waals surface area (Å²) in [7, 11) is 3.72. The number of carbonyl (C=O) groups is 1. The van der Waals surface area contributed by atoms with E-state index in [0.29, 0.717) is 22.9 Å². The number of benzene rings is 1. The predicted octanol–water partition coefficient (Wildman–Crippen LogP) is 2.48. The molecule has 2 aromatic rings. The summed E-state index contributed by atoms with van der Waals surface area (Å²) in [6.45, 7) is 2.16. The maximum Gasteiger partial charge on any atom is 0.432 e. The molecule has 0 bridgehead atoms. The average Bonchev–Trinajstić information content (AvgIpc) is 2.97. The standard InChI is InChI=1S/C17H22N4O3/c1-20-7-5-11(6-8-20)12-3-4-13(15(9-12)24-2)14-10-16(18)19-21(14)17(22)23/h3-4,9-11H,5-8H2,1-2H3,(H2,18,19)(H,22,23). The minimum absolute atomic E-state index is 0.161. The lowest BCUT2D eigenvalue weighted by molar-refractivity contribution is 0.193. The third-order valence-electron chi connectivity index (χ3n) is 4.60. The molecular formula is C17H22N4O3. The number of ether oxygens (including phenoxy) is 1. The maximum atomic E-state index is 11.4. The van der Waals surface area contributed by atoms with Crippen LogP contribution in [0, 0.1) is 0 Å². The number of carboxylic acid groups (broad SMARTS) is 1. The Morgan fingerprint density at radius 3 is 2.67 bits per heavy atom. The lowest BCUT2D eigenvalue weighted by atomic mass is 9.88. The second-order valence-corrected chi connectivity index (χ2v) is 6.19. The summed E-state index contributed by atoms with van der Waals surface area (Å²) in [5, 5.41) is 13.1. The molecule has 0 unspecified atom stereocenters. The molecule has 1 aliphatic heterocycles. The third kappa shape index (κ3) is 3.07. The van der Waals surface area contributed by atoms with Crippen molar-refractivity contribution in [2.24, 2.45) is 0 Å². The molecule has 2 heterocycles. The van der Waals surface area contributed by atoms with Crippen LogP contribution >= 0.6 is 0 Å². The van der Waals surface area contributed by atoms with Gasteiger partial charge < -0.3 is 20.5 Å². The maximum absolute atomic E-state index is 11.4. The van der Waals surface area contributed by atoms with Gasteiger partial charge in [-0.3, -0.25) is 0 Å². The number of piperidine rings is 1. The second kappa shape index (κ2) is 6.52. The molecule has 0 aliphatic carbocycles. The number of hydrogen-bond donors (Lipinski definition) is 2. The highest BCUT2D eigenvalue weighted by Gasteiger charge is 2.22. The van der Waals surface area contributed by atoms with Crippen LogP contribution in [0.25, 0.3) is 11.3 Å². The summed E-state index contributed by atoms with van der Waals surface area (Å²) >= 11 is 0. The van der Waals surface area contributed by atoms with Crippen molar-refractivity contribution in [3.8, 4) is 17.0 Å². The number of aromatic nitrogens is 2. The van der Waals surface area contributed by atoms with Crippen LogP contribution < -0.4 is 10.5 Å². The van der Waals surface area contributed by atoms with Crippen LogP contribution in [0.2, 0.25) is 0 Å². The lowest BCUT2D eigenvalue weighted by Gasteiger charge is -2.29. The first kappa shape index (κ1) is 16.3. The van der Waals surface area contributed by atoms with Gasteiger partial charge in [-0.25, -0.2) is 4.79 Å². The lowest BCUT2D eigenvalue weighted by Crippen LogP contribution is -2.29. The minimum Gasteiger partial charge on any atom is -0.496 e. The normalized spacial score (nSPS) is 16.2. The van der Waals surface area contributed by atoms with Crippen LogP contribution in [-0.2, 0) is 0 Å². The molecule has 1 fully saturated rings. The Hall–Kier alpha value is -2.54. The van der Waals surface area contributed by atoms with Gasteiger partial charge in [0.25, 0.3) is 0 Å². The van der Waals surface area contributed by atoms with Crippen molar-refractivity contribution in [2.45, 2.75) is 18.8 Å². The Morgan fingerprint density at radius 1 is 1.33 bits per heavy atom. The molecule has 0 radical (unpaired) electrons. The van der Waals surface area contributed by atoms with Crippen molar-refractivity contribution < 1.29 is 14.6 Å². The molecule has 0 atom stereocenters.